The van der Waals surface area contributed by atoms with Gasteiger partial charge in [-0.25, -0.2) is 9.78 Å². The van der Waals surface area contributed by atoms with E-state index < -0.39 is 0 Å². The number of carbonyl (C=O) groups is 1. The summed E-state index contributed by atoms with van der Waals surface area (Å²) >= 11 is 1.65. The Kier molecular flexibility index (Phi) is 5.06. The quantitative estimate of drug-likeness (QED) is 0.886. The predicted octanol–water partition coefficient (Wildman–Crippen LogP) is 3.59. The fourth-order valence-corrected chi connectivity index (χ4v) is 3.66. The Morgan fingerprint density at radius 2 is 2.00 bits per heavy atom. The van der Waals surface area contributed by atoms with Gasteiger partial charge in [-0.1, -0.05) is 43.2 Å². The topological polar surface area (TPSA) is 54.0 Å². The van der Waals surface area contributed by atoms with Crippen molar-refractivity contribution in [1.82, 2.24) is 15.6 Å². The molecule has 2 N–H and O–H groups in total. The number of hydrogen-bond donors (Lipinski definition) is 2. The highest BCUT2D eigenvalue weighted by molar-refractivity contribution is 7.10. The molecule has 0 bridgehead atoms. The van der Waals surface area contributed by atoms with Crippen molar-refractivity contribution in [2.45, 2.75) is 38.1 Å². The van der Waals surface area contributed by atoms with Gasteiger partial charge in [0.25, 0.3) is 0 Å². The van der Waals surface area contributed by atoms with Gasteiger partial charge in [0.15, 0.2) is 0 Å². The molecule has 1 saturated carbocycles. The van der Waals surface area contributed by atoms with Crippen LogP contribution in [0.2, 0.25) is 0 Å². The monoisotopic (exact) mass is 315 g/mol. The summed E-state index contributed by atoms with van der Waals surface area (Å²) in [4.78, 5) is 17.5. The zero-order valence-electron chi connectivity index (χ0n) is 12.5. The molecule has 0 spiro atoms. The summed E-state index contributed by atoms with van der Waals surface area (Å²) in [6.45, 7) is 0.639. The standard InChI is InChI=1S/C17H21N3OS/c21-17(20-14-8-4-5-9-14)18-11-10-15-16(19-12-22-15)13-6-2-1-3-7-13/h1-3,6-7,12,14H,4-5,8-11H2,(H2,18,20,21). The van der Waals surface area contributed by atoms with E-state index in [1.165, 1.54) is 17.7 Å². The van der Waals surface area contributed by atoms with Crippen LogP contribution in [0.4, 0.5) is 4.79 Å². The third kappa shape index (κ3) is 3.85. The molecule has 0 unspecified atom stereocenters. The van der Waals surface area contributed by atoms with Gasteiger partial charge >= 0.3 is 6.03 Å². The minimum Gasteiger partial charge on any atom is -0.338 e. The Morgan fingerprint density at radius 1 is 1.23 bits per heavy atom. The number of rotatable bonds is 5. The van der Waals surface area contributed by atoms with E-state index in [1.54, 1.807) is 11.3 Å². The predicted molar refractivity (Wildman–Crippen MR) is 90.0 cm³/mol. The molecular formula is C17H21N3OS. The van der Waals surface area contributed by atoms with Crippen LogP contribution < -0.4 is 10.6 Å². The Morgan fingerprint density at radius 3 is 2.77 bits per heavy atom. The normalized spacial score (nSPS) is 14.9. The lowest BCUT2D eigenvalue weighted by Crippen LogP contribution is -2.41. The Bertz CT molecular complexity index is 605. The molecule has 0 aliphatic heterocycles. The van der Waals surface area contributed by atoms with Crippen molar-refractivity contribution >= 4 is 17.4 Å². The number of carbonyl (C=O) groups excluding carboxylic acids is 1. The maximum atomic E-state index is 11.8. The van der Waals surface area contributed by atoms with Crippen LogP contribution in [0.3, 0.4) is 0 Å². The fourth-order valence-electron chi connectivity index (χ4n) is 2.88. The Balaban J connectivity index is 1.50. The van der Waals surface area contributed by atoms with Gasteiger partial charge in [-0.05, 0) is 12.8 Å². The molecule has 3 rings (SSSR count). The molecule has 2 amide bonds. The molecule has 0 radical (unpaired) electrons. The number of urea groups is 1. The molecule has 2 aromatic rings. The number of nitrogens with one attached hydrogen (secondary N) is 2. The van der Waals surface area contributed by atoms with E-state index in [-0.39, 0.29) is 6.03 Å². The summed E-state index contributed by atoms with van der Waals surface area (Å²) in [5.41, 5.74) is 4.04. The number of thiazole rings is 1. The van der Waals surface area contributed by atoms with Crippen LogP contribution in [0.25, 0.3) is 11.3 Å². The maximum Gasteiger partial charge on any atom is 0.315 e. The molecular weight excluding hydrogens is 294 g/mol. The average Bonchev–Trinajstić information content (AvgIpc) is 3.20. The molecule has 1 aromatic carbocycles. The average molecular weight is 315 g/mol. The molecule has 4 nitrogen and oxygen atoms in total. The van der Waals surface area contributed by atoms with Crippen LogP contribution >= 0.6 is 11.3 Å². The second-order valence-electron chi connectivity index (χ2n) is 5.62. The van der Waals surface area contributed by atoms with Crippen LogP contribution in [0, 0.1) is 0 Å². The summed E-state index contributed by atoms with van der Waals surface area (Å²) < 4.78 is 0. The molecule has 1 aliphatic carbocycles. The highest BCUT2D eigenvalue weighted by Crippen LogP contribution is 2.25. The highest BCUT2D eigenvalue weighted by atomic mass is 32.1. The van der Waals surface area contributed by atoms with Gasteiger partial charge in [-0.3, -0.25) is 0 Å². The number of amides is 2. The lowest BCUT2D eigenvalue weighted by Gasteiger charge is -2.12. The smallest absolute Gasteiger partial charge is 0.315 e. The fraction of sp³-hybridized carbons (Fsp3) is 0.412. The first kappa shape index (κ1) is 15.0. The molecule has 116 valence electrons. The summed E-state index contributed by atoms with van der Waals surface area (Å²) in [6, 6.07) is 10.5. The van der Waals surface area contributed by atoms with Crippen molar-refractivity contribution in [3.05, 3.63) is 40.7 Å². The molecule has 0 atom stereocenters. The third-order valence-electron chi connectivity index (χ3n) is 4.02. The van der Waals surface area contributed by atoms with Crippen molar-refractivity contribution in [3.8, 4) is 11.3 Å². The minimum atomic E-state index is -0.0438. The van der Waals surface area contributed by atoms with Crippen LogP contribution in [0.5, 0.6) is 0 Å². The van der Waals surface area contributed by atoms with Crippen molar-refractivity contribution in [2.75, 3.05) is 6.54 Å². The van der Waals surface area contributed by atoms with Gasteiger partial charge in [0.2, 0.25) is 0 Å². The van der Waals surface area contributed by atoms with Crippen LogP contribution in [0.1, 0.15) is 30.6 Å². The Hall–Kier alpha value is -1.88. The lowest BCUT2D eigenvalue weighted by molar-refractivity contribution is 0.237. The van der Waals surface area contributed by atoms with Crippen molar-refractivity contribution in [1.29, 1.82) is 0 Å². The van der Waals surface area contributed by atoms with Crippen LogP contribution in [-0.2, 0) is 6.42 Å². The first-order valence-corrected chi connectivity index (χ1v) is 8.73. The van der Waals surface area contributed by atoms with Gasteiger partial charge in [-0.2, -0.15) is 0 Å². The first-order chi connectivity index (χ1) is 10.8. The van der Waals surface area contributed by atoms with E-state index in [2.05, 4.69) is 27.8 Å². The summed E-state index contributed by atoms with van der Waals surface area (Å²) in [5, 5.41) is 6.00. The van der Waals surface area contributed by atoms with E-state index in [9.17, 15) is 4.79 Å². The number of aromatic nitrogens is 1. The van der Waals surface area contributed by atoms with E-state index in [1.807, 2.05) is 23.7 Å². The van der Waals surface area contributed by atoms with Crippen molar-refractivity contribution in [3.63, 3.8) is 0 Å². The van der Waals surface area contributed by atoms with Gasteiger partial charge in [0, 0.05) is 29.4 Å². The molecule has 0 saturated heterocycles. The van der Waals surface area contributed by atoms with Gasteiger partial charge in [0.05, 0.1) is 11.2 Å². The number of nitrogens with zero attached hydrogens (tertiary/aromatic N) is 1. The molecule has 5 heteroatoms. The zero-order chi connectivity index (χ0) is 15.2. The summed E-state index contributed by atoms with van der Waals surface area (Å²) in [6.07, 6.45) is 5.49. The molecule has 1 aromatic heterocycles. The third-order valence-corrected chi connectivity index (χ3v) is 4.91. The number of benzene rings is 1. The second kappa shape index (κ2) is 7.40. The van der Waals surface area contributed by atoms with Crippen LogP contribution in [-0.4, -0.2) is 23.6 Å². The highest BCUT2D eigenvalue weighted by Gasteiger charge is 2.16. The molecule has 1 fully saturated rings. The van der Waals surface area contributed by atoms with Gasteiger partial charge < -0.3 is 10.6 Å². The van der Waals surface area contributed by atoms with Crippen molar-refractivity contribution < 1.29 is 4.79 Å². The molecule has 1 heterocycles. The van der Waals surface area contributed by atoms with E-state index in [0.717, 1.165) is 30.5 Å². The minimum absolute atomic E-state index is 0.0438. The number of hydrogen-bond acceptors (Lipinski definition) is 3. The largest absolute Gasteiger partial charge is 0.338 e. The first-order valence-electron chi connectivity index (χ1n) is 7.85. The van der Waals surface area contributed by atoms with E-state index in [0.29, 0.717) is 12.6 Å². The SMILES string of the molecule is O=C(NCCc1scnc1-c1ccccc1)NC1CCCC1. The summed E-state index contributed by atoms with van der Waals surface area (Å²) in [7, 11) is 0. The van der Waals surface area contributed by atoms with E-state index >= 15 is 0 Å². The lowest BCUT2D eigenvalue weighted by atomic mass is 10.1. The van der Waals surface area contributed by atoms with Crippen molar-refractivity contribution in [2.24, 2.45) is 0 Å². The second-order valence-corrected chi connectivity index (χ2v) is 6.56. The Labute approximate surface area is 135 Å². The molecule has 22 heavy (non-hydrogen) atoms. The zero-order valence-corrected chi connectivity index (χ0v) is 13.4. The van der Waals surface area contributed by atoms with E-state index in [4.69, 9.17) is 0 Å². The maximum absolute atomic E-state index is 11.8. The van der Waals surface area contributed by atoms with Gasteiger partial charge in [0.1, 0.15) is 0 Å². The summed E-state index contributed by atoms with van der Waals surface area (Å²) in [5.74, 6) is 0. The van der Waals surface area contributed by atoms with Crippen LogP contribution in [0.15, 0.2) is 35.8 Å². The molecule has 1 aliphatic rings. The van der Waals surface area contributed by atoms with Gasteiger partial charge in [-0.15, -0.1) is 11.3 Å².